The van der Waals surface area contributed by atoms with Gasteiger partial charge in [-0.25, -0.2) is 0 Å². The number of hydrogen-bond donors (Lipinski definition) is 0. The number of unbranched alkanes of at least 4 members (excludes halogenated alkanes) is 3. The number of allylic oxidation sites excluding steroid dienone is 1. The van der Waals surface area contributed by atoms with Gasteiger partial charge in [0.1, 0.15) is 5.75 Å². The Labute approximate surface area is 112 Å². The van der Waals surface area contributed by atoms with Gasteiger partial charge in [0.15, 0.2) is 0 Å². The van der Waals surface area contributed by atoms with Crippen molar-refractivity contribution in [2.75, 3.05) is 7.11 Å². The molecule has 0 aliphatic heterocycles. The van der Waals surface area contributed by atoms with Gasteiger partial charge >= 0.3 is 0 Å². The maximum absolute atomic E-state index is 5.18. The minimum atomic E-state index is 0.442. The number of benzene rings is 1. The highest BCUT2D eigenvalue weighted by atomic mass is 16.5. The van der Waals surface area contributed by atoms with Crippen LogP contribution in [0, 0.1) is 0 Å². The zero-order chi connectivity index (χ0) is 13.4. The van der Waals surface area contributed by atoms with Crippen molar-refractivity contribution in [2.24, 2.45) is 0 Å². The van der Waals surface area contributed by atoms with Crippen LogP contribution in [-0.2, 0) is 0 Å². The molecule has 0 aliphatic rings. The SMILES string of the molecule is C=C(CCCCCC)C(C)c1ccc(OC)cc1. The van der Waals surface area contributed by atoms with Gasteiger partial charge in [0.2, 0.25) is 0 Å². The molecule has 0 fully saturated rings. The van der Waals surface area contributed by atoms with Crippen LogP contribution < -0.4 is 4.74 Å². The molecule has 1 rings (SSSR count). The van der Waals surface area contributed by atoms with Gasteiger partial charge in [-0.3, -0.25) is 0 Å². The molecule has 1 nitrogen and oxygen atoms in total. The van der Waals surface area contributed by atoms with Crippen molar-refractivity contribution >= 4 is 0 Å². The second kappa shape index (κ2) is 7.97. The third-order valence-electron chi connectivity index (χ3n) is 3.58. The number of hydrogen-bond acceptors (Lipinski definition) is 1. The molecule has 1 aromatic rings. The first-order chi connectivity index (χ1) is 8.69. The molecule has 100 valence electrons. The summed E-state index contributed by atoms with van der Waals surface area (Å²) in [5.41, 5.74) is 2.67. The number of ether oxygens (including phenoxy) is 1. The molecule has 0 heterocycles. The zero-order valence-electron chi connectivity index (χ0n) is 12.0. The molecule has 0 N–H and O–H groups in total. The van der Waals surface area contributed by atoms with E-state index in [1.807, 2.05) is 12.1 Å². The Balaban J connectivity index is 2.46. The van der Waals surface area contributed by atoms with Crippen molar-refractivity contribution in [1.29, 1.82) is 0 Å². The third-order valence-corrected chi connectivity index (χ3v) is 3.58. The maximum Gasteiger partial charge on any atom is 0.118 e. The number of methoxy groups -OCH3 is 1. The summed E-state index contributed by atoms with van der Waals surface area (Å²) in [6.07, 6.45) is 6.37. The second-order valence-corrected chi connectivity index (χ2v) is 4.96. The molecule has 0 aliphatic carbocycles. The Hall–Kier alpha value is -1.24. The minimum absolute atomic E-state index is 0.442. The molecule has 18 heavy (non-hydrogen) atoms. The largest absolute Gasteiger partial charge is 0.497 e. The van der Waals surface area contributed by atoms with E-state index in [2.05, 4.69) is 32.6 Å². The summed E-state index contributed by atoms with van der Waals surface area (Å²) in [6, 6.07) is 8.33. The van der Waals surface area contributed by atoms with Gasteiger partial charge in [0, 0.05) is 5.92 Å². The molecule has 1 heteroatoms. The van der Waals surface area contributed by atoms with Gasteiger partial charge in [-0.15, -0.1) is 0 Å². The van der Waals surface area contributed by atoms with E-state index >= 15 is 0 Å². The van der Waals surface area contributed by atoms with Crippen molar-refractivity contribution in [1.82, 2.24) is 0 Å². The summed E-state index contributed by atoms with van der Waals surface area (Å²) < 4.78 is 5.18. The summed E-state index contributed by atoms with van der Waals surface area (Å²) in [5.74, 6) is 1.36. The quantitative estimate of drug-likeness (QED) is 0.445. The molecule has 0 radical (unpaired) electrons. The minimum Gasteiger partial charge on any atom is -0.497 e. The van der Waals surface area contributed by atoms with E-state index in [-0.39, 0.29) is 0 Å². The molecule has 0 saturated heterocycles. The van der Waals surface area contributed by atoms with Crippen molar-refractivity contribution < 1.29 is 4.74 Å². The highest BCUT2D eigenvalue weighted by Gasteiger charge is 2.09. The van der Waals surface area contributed by atoms with Crippen LogP contribution in [0.5, 0.6) is 5.75 Å². The van der Waals surface area contributed by atoms with Gasteiger partial charge in [-0.1, -0.05) is 57.4 Å². The van der Waals surface area contributed by atoms with Gasteiger partial charge in [0.25, 0.3) is 0 Å². The summed E-state index contributed by atoms with van der Waals surface area (Å²) in [7, 11) is 1.70. The molecule has 0 saturated carbocycles. The lowest BCUT2D eigenvalue weighted by molar-refractivity contribution is 0.414. The summed E-state index contributed by atoms with van der Waals surface area (Å²) in [5, 5.41) is 0. The highest BCUT2D eigenvalue weighted by Crippen LogP contribution is 2.27. The normalized spacial score (nSPS) is 12.2. The fourth-order valence-electron chi connectivity index (χ4n) is 2.12. The van der Waals surface area contributed by atoms with Gasteiger partial charge in [-0.2, -0.15) is 0 Å². The smallest absolute Gasteiger partial charge is 0.118 e. The first-order valence-corrected chi connectivity index (χ1v) is 7.00. The van der Waals surface area contributed by atoms with Crippen molar-refractivity contribution in [3.8, 4) is 5.75 Å². The van der Waals surface area contributed by atoms with E-state index < -0.39 is 0 Å². The molecule has 0 amide bonds. The molecule has 0 aromatic heterocycles. The Morgan fingerprint density at radius 1 is 1.17 bits per heavy atom. The predicted molar refractivity (Wildman–Crippen MR) is 79.3 cm³/mol. The molecule has 1 unspecified atom stereocenters. The lowest BCUT2D eigenvalue weighted by Gasteiger charge is -2.15. The fraction of sp³-hybridized carbons (Fsp3) is 0.529. The lowest BCUT2D eigenvalue weighted by Crippen LogP contribution is -1.97. The van der Waals surface area contributed by atoms with Crippen LogP contribution in [0.2, 0.25) is 0 Å². The monoisotopic (exact) mass is 246 g/mol. The summed E-state index contributed by atoms with van der Waals surface area (Å²) >= 11 is 0. The fourth-order valence-corrected chi connectivity index (χ4v) is 2.12. The van der Waals surface area contributed by atoms with Gasteiger partial charge in [0.05, 0.1) is 7.11 Å². The van der Waals surface area contributed by atoms with Crippen molar-refractivity contribution in [3.63, 3.8) is 0 Å². The van der Waals surface area contributed by atoms with Gasteiger partial charge in [-0.05, 0) is 30.5 Å². The summed E-state index contributed by atoms with van der Waals surface area (Å²) in [6.45, 7) is 8.72. The van der Waals surface area contributed by atoms with Crippen LogP contribution in [0.25, 0.3) is 0 Å². The molecular formula is C17H26O. The standard InChI is InChI=1S/C17H26O/c1-5-6-7-8-9-14(2)15(3)16-10-12-17(18-4)13-11-16/h10-13,15H,2,5-9H2,1,3-4H3. The number of rotatable bonds is 8. The van der Waals surface area contributed by atoms with Gasteiger partial charge < -0.3 is 4.74 Å². The van der Waals surface area contributed by atoms with E-state index in [9.17, 15) is 0 Å². The lowest BCUT2D eigenvalue weighted by atomic mass is 9.90. The van der Waals surface area contributed by atoms with Crippen molar-refractivity contribution in [3.05, 3.63) is 42.0 Å². The highest BCUT2D eigenvalue weighted by molar-refractivity contribution is 5.32. The summed E-state index contributed by atoms with van der Waals surface area (Å²) in [4.78, 5) is 0. The Morgan fingerprint density at radius 3 is 2.39 bits per heavy atom. The van der Waals surface area contributed by atoms with Crippen LogP contribution in [0.3, 0.4) is 0 Å². The molecular weight excluding hydrogens is 220 g/mol. The second-order valence-electron chi connectivity index (χ2n) is 4.96. The predicted octanol–water partition coefficient (Wildman–Crippen LogP) is 5.33. The third kappa shape index (κ3) is 4.56. The van der Waals surface area contributed by atoms with Crippen LogP contribution >= 0.6 is 0 Å². The Bertz CT molecular complexity index is 350. The zero-order valence-corrected chi connectivity index (χ0v) is 12.0. The first kappa shape index (κ1) is 14.8. The van der Waals surface area contributed by atoms with Crippen LogP contribution in [0.4, 0.5) is 0 Å². The average Bonchev–Trinajstić information content (AvgIpc) is 2.42. The Morgan fingerprint density at radius 2 is 1.83 bits per heavy atom. The molecule has 1 atom stereocenters. The average molecular weight is 246 g/mol. The van der Waals surface area contributed by atoms with E-state index in [0.717, 1.165) is 12.2 Å². The van der Waals surface area contributed by atoms with Crippen LogP contribution in [0.1, 0.15) is 57.4 Å². The first-order valence-electron chi connectivity index (χ1n) is 7.00. The van der Waals surface area contributed by atoms with Crippen LogP contribution in [0.15, 0.2) is 36.4 Å². The van der Waals surface area contributed by atoms with Crippen molar-refractivity contribution in [2.45, 2.75) is 51.9 Å². The molecule has 0 bridgehead atoms. The maximum atomic E-state index is 5.18. The van der Waals surface area contributed by atoms with Crippen LogP contribution in [-0.4, -0.2) is 7.11 Å². The van der Waals surface area contributed by atoms with E-state index in [1.54, 1.807) is 7.11 Å². The topological polar surface area (TPSA) is 9.23 Å². The molecule has 1 aromatic carbocycles. The van der Waals surface area contributed by atoms with E-state index in [4.69, 9.17) is 4.74 Å². The van der Waals surface area contributed by atoms with E-state index in [1.165, 1.54) is 36.8 Å². The van der Waals surface area contributed by atoms with E-state index in [0.29, 0.717) is 5.92 Å². The molecule has 0 spiro atoms. The Kier molecular flexibility index (Phi) is 6.56.